The van der Waals surface area contributed by atoms with Gasteiger partial charge in [-0.3, -0.25) is 5.32 Å². The highest BCUT2D eigenvalue weighted by Crippen LogP contribution is 2.20. The zero-order valence-electron chi connectivity index (χ0n) is 13.1. The van der Waals surface area contributed by atoms with Crippen LogP contribution >= 0.6 is 0 Å². The number of carbonyl (C=O) groups is 1. The Morgan fingerprint density at radius 3 is 2.57 bits per heavy atom. The quantitative estimate of drug-likeness (QED) is 0.943. The minimum absolute atomic E-state index is 0.141. The van der Waals surface area contributed by atoms with Crippen LogP contribution < -0.4 is 5.32 Å². The first-order valence-corrected chi connectivity index (χ1v) is 7.07. The van der Waals surface area contributed by atoms with Gasteiger partial charge in [0.2, 0.25) is 0 Å². The van der Waals surface area contributed by atoms with Gasteiger partial charge in [0.1, 0.15) is 17.3 Å². The van der Waals surface area contributed by atoms with Gasteiger partial charge in [-0.25, -0.2) is 9.48 Å². The van der Waals surface area contributed by atoms with E-state index in [1.165, 1.54) is 0 Å². The molecular weight excluding hydrogens is 268 g/mol. The number of benzene rings is 1. The van der Waals surface area contributed by atoms with Gasteiger partial charge in [0.25, 0.3) is 0 Å². The molecule has 1 unspecified atom stereocenters. The molecular formula is C15H22N4O2. The van der Waals surface area contributed by atoms with Crippen molar-refractivity contribution in [3.8, 4) is 0 Å². The van der Waals surface area contributed by atoms with Crippen LogP contribution in [0.2, 0.25) is 0 Å². The summed E-state index contributed by atoms with van der Waals surface area (Å²) in [6.45, 7) is 9.53. The van der Waals surface area contributed by atoms with Crippen LogP contribution in [0.1, 0.15) is 40.8 Å². The number of nitrogens with one attached hydrogen (secondary N) is 1. The smallest absolute Gasteiger partial charge is 0.409 e. The highest BCUT2D eigenvalue weighted by Gasteiger charge is 2.24. The van der Waals surface area contributed by atoms with Crippen molar-refractivity contribution in [2.75, 3.05) is 0 Å². The van der Waals surface area contributed by atoms with E-state index in [9.17, 15) is 4.79 Å². The molecule has 0 bridgehead atoms. The average Bonchev–Trinajstić information content (AvgIpc) is 2.77. The average molecular weight is 290 g/mol. The maximum absolute atomic E-state index is 12.0. The lowest BCUT2D eigenvalue weighted by atomic mass is 10.1. The fourth-order valence-electron chi connectivity index (χ4n) is 2.03. The van der Waals surface area contributed by atoms with Gasteiger partial charge in [-0.15, -0.1) is 5.10 Å². The fraction of sp³-hybridized carbons (Fsp3) is 0.533. The van der Waals surface area contributed by atoms with Crippen molar-refractivity contribution < 1.29 is 9.53 Å². The number of amides is 1. The van der Waals surface area contributed by atoms with Crippen LogP contribution in [0.4, 0.5) is 4.79 Å². The van der Waals surface area contributed by atoms with Crippen LogP contribution in [0.25, 0.3) is 11.0 Å². The Morgan fingerprint density at radius 1 is 1.29 bits per heavy atom. The summed E-state index contributed by atoms with van der Waals surface area (Å²) in [7, 11) is 0. The summed E-state index contributed by atoms with van der Waals surface area (Å²) in [6.07, 6.45) is -0.770. The second-order valence-corrected chi connectivity index (χ2v) is 6.36. The van der Waals surface area contributed by atoms with Gasteiger partial charge in [0.15, 0.2) is 0 Å². The predicted octanol–water partition coefficient (Wildman–Crippen LogP) is 3.11. The van der Waals surface area contributed by atoms with E-state index in [2.05, 4.69) is 15.6 Å². The number of nitrogens with zero attached hydrogens (tertiary/aromatic N) is 3. The summed E-state index contributed by atoms with van der Waals surface area (Å²) in [5.74, 6) is 0.141. The van der Waals surface area contributed by atoms with Gasteiger partial charge in [-0.05, 0) is 38.8 Å². The van der Waals surface area contributed by atoms with Crippen LogP contribution in [0.15, 0.2) is 24.3 Å². The number of hydrogen-bond acceptors (Lipinski definition) is 4. The molecule has 1 aromatic carbocycles. The third-order valence-corrected chi connectivity index (χ3v) is 2.94. The zero-order valence-corrected chi connectivity index (χ0v) is 13.1. The molecule has 0 aliphatic carbocycles. The van der Waals surface area contributed by atoms with Gasteiger partial charge in [0.05, 0.1) is 5.52 Å². The number of para-hydroxylation sites is 1. The molecule has 2 rings (SSSR count). The lowest BCUT2D eigenvalue weighted by Crippen LogP contribution is -2.39. The van der Waals surface area contributed by atoms with E-state index >= 15 is 0 Å². The van der Waals surface area contributed by atoms with Crippen molar-refractivity contribution >= 4 is 17.1 Å². The van der Waals surface area contributed by atoms with E-state index < -0.39 is 11.7 Å². The molecule has 0 aliphatic rings. The minimum atomic E-state index is -0.532. The topological polar surface area (TPSA) is 69.0 Å². The normalized spacial score (nSPS) is 13.4. The van der Waals surface area contributed by atoms with Crippen LogP contribution in [0.3, 0.4) is 0 Å². The van der Waals surface area contributed by atoms with Crippen LogP contribution in [-0.4, -0.2) is 26.7 Å². The molecule has 1 aromatic heterocycles. The van der Waals surface area contributed by atoms with E-state index in [1.807, 2.05) is 58.9 Å². The predicted molar refractivity (Wildman–Crippen MR) is 80.8 cm³/mol. The Bertz CT molecular complexity index is 628. The van der Waals surface area contributed by atoms with Gasteiger partial charge >= 0.3 is 6.09 Å². The van der Waals surface area contributed by atoms with E-state index in [0.717, 1.165) is 11.0 Å². The van der Waals surface area contributed by atoms with E-state index in [0.29, 0.717) is 0 Å². The molecule has 6 nitrogen and oxygen atoms in total. The molecule has 0 aliphatic heterocycles. The SMILES string of the molecule is CC(C)C(NC(=O)OC(C)(C)C)n1nnc2ccccc21. The summed E-state index contributed by atoms with van der Waals surface area (Å²) >= 11 is 0. The van der Waals surface area contributed by atoms with Gasteiger partial charge in [-0.1, -0.05) is 31.2 Å². The molecule has 0 saturated heterocycles. The summed E-state index contributed by atoms with van der Waals surface area (Å²) < 4.78 is 7.04. The standard InChI is InChI=1S/C15H22N4O2/c1-10(2)13(16-14(20)21-15(3,4)5)19-12-9-7-6-8-11(12)17-18-19/h6-10,13H,1-5H3,(H,16,20). The van der Waals surface area contributed by atoms with Crippen LogP contribution in [0.5, 0.6) is 0 Å². The molecule has 0 radical (unpaired) electrons. The third-order valence-electron chi connectivity index (χ3n) is 2.94. The highest BCUT2D eigenvalue weighted by atomic mass is 16.6. The number of fused-ring (bicyclic) bond motifs is 1. The van der Waals surface area contributed by atoms with Crippen LogP contribution in [-0.2, 0) is 4.74 Å². The molecule has 2 aromatic rings. The van der Waals surface area contributed by atoms with Gasteiger partial charge < -0.3 is 4.74 Å². The monoisotopic (exact) mass is 290 g/mol. The summed E-state index contributed by atoms with van der Waals surface area (Å²) in [6, 6.07) is 7.66. The Balaban J connectivity index is 2.25. The molecule has 114 valence electrons. The molecule has 0 saturated carbocycles. The number of carbonyl (C=O) groups excluding carboxylic acids is 1. The van der Waals surface area contributed by atoms with Crippen molar-refractivity contribution in [3.05, 3.63) is 24.3 Å². The zero-order chi connectivity index (χ0) is 15.6. The molecule has 1 atom stereocenters. The number of rotatable bonds is 3. The summed E-state index contributed by atoms with van der Waals surface area (Å²) in [5, 5.41) is 11.2. The Morgan fingerprint density at radius 2 is 1.95 bits per heavy atom. The number of ether oxygens (including phenoxy) is 1. The minimum Gasteiger partial charge on any atom is -0.444 e. The molecule has 1 heterocycles. The second kappa shape index (κ2) is 5.71. The third kappa shape index (κ3) is 3.71. The first kappa shape index (κ1) is 15.3. The second-order valence-electron chi connectivity index (χ2n) is 6.36. The van der Waals surface area contributed by atoms with Crippen molar-refractivity contribution in [2.24, 2.45) is 5.92 Å². The molecule has 1 N–H and O–H groups in total. The summed E-state index contributed by atoms with van der Waals surface area (Å²) in [4.78, 5) is 12.0. The first-order chi connectivity index (χ1) is 9.78. The summed E-state index contributed by atoms with van der Waals surface area (Å²) in [5.41, 5.74) is 1.15. The molecule has 21 heavy (non-hydrogen) atoms. The van der Waals surface area contributed by atoms with Crippen molar-refractivity contribution in [3.63, 3.8) is 0 Å². The molecule has 0 spiro atoms. The number of alkyl carbamates (subject to hydrolysis) is 1. The van der Waals surface area contributed by atoms with Crippen LogP contribution in [0, 0.1) is 5.92 Å². The number of aromatic nitrogens is 3. The first-order valence-electron chi connectivity index (χ1n) is 7.07. The van der Waals surface area contributed by atoms with E-state index in [1.54, 1.807) is 4.68 Å². The van der Waals surface area contributed by atoms with Crippen molar-refractivity contribution in [1.82, 2.24) is 20.3 Å². The van der Waals surface area contributed by atoms with Gasteiger partial charge in [0, 0.05) is 0 Å². The van der Waals surface area contributed by atoms with E-state index in [4.69, 9.17) is 4.74 Å². The van der Waals surface area contributed by atoms with Crippen molar-refractivity contribution in [2.45, 2.75) is 46.4 Å². The Kier molecular flexibility index (Phi) is 4.16. The fourth-order valence-corrected chi connectivity index (χ4v) is 2.03. The molecule has 6 heteroatoms. The maximum atomic E-state index is 12.0. The van der Waals surface area contributed by atoms with E-state index in [-0.39, 0.29) is 12.1 Å². The lowest BCUT2D eigenvalue weighted by Gasteiger charge is -2.26. The largest absolute Gasteiger partial charge is 0.444 e. The molecule has 0 fully saturated rings. The maximum Gasteiger partial charge on any atom is 0.409 e. The highest BCUT2D eigenvalue weighted by molar-refractivity contribution is 5.74. The lowest BCUT2D eigenvalue weighted by molar-refractivity contribution is 0.0454. The number of hydrogen-bond donors (Lipinski definition) is 1. The molecule has 1 amide bonds. The van der Waals surface area contributed by atoms with Crippen molar-refractivity contribution in [1.29, 1.82) is 0 Å². The Labute approximate surface area is 124 Å². The Hall–Kier alpha value is -2.11. The van der Waals surface area contributed by atoms with Gasteiger partial charge in [-0.2, -0.15) is 0 Å².